The highest BCUT2D eigenvalue weighted by molar-refractivity contribution is 5.94. The molecule has 1 aliphatic heterocycles. The van der Waals surface area contributed by atoms with Crippen LogP contribution in [0.1, 0.15) is 26.2 Å². The highest BCUT2D eigenvalue weighted by Crippen LogP contribution is 2.13. The van der Waals surface area contributed by atoms with Gasteiger partial charge in [0.1, 0.15) is 0 Å². The number of rotatable bonds is 6. The molecule has 0 unspecified atom stereocenters. The van der Waals surface area contributed by atoms with Crippen molar-refractivity contribution in [1.82, 2.24) is 10.6 Å². The number of amides is 4. The van der Waals surface area contributed by atoms with Gasteiger partial charge in [0, 0.05) is 31.0 Å². The highest BCUT2D eigenvalue weighted by Gasteiger charge is 2.28. The molecule has 1 aromatic rings. The van der Waals surface area contributed by atoms with Crippen molar-refractivity contribution in [3.8, 4) is 0 Å². The molecule has 7 heteroatoms. The molecule has 0 spiro atoms. The Morgan fingerprint density at radius 1 is 1.12 bits per heavy atom. The van der Waals surface area contributed by atoms with Gasteiger partial charge in [0.05, 0.1) is 13.1 Å². The van der Waals surface area contributed by atoms with Gasteiger partial charge in [-0.3, -0.25) is 14.9 Å². The molecular formula is C18H27N4O3+. The number of anilines is 1. The highest BCUT2D eigenvalue weighted by atomic mass is 16.2. The lowest BCUT2D eigenvalue weighted by Crippen LogP contribution is -3.14. The first-order chi connectivity index (χ1) is 12.1. The van der Waals surface area contributed by atoms with Gasteiger partial charge in [-0.2, -0.15) is 0 Å². The molecule has 0 aliphatic carbocycles. The molecule has 25 heavy (non-hydrogen) atoms. The van der Waals surface area contributed by atoms with Crippen LogP contribution in [0.5, 0.6) is 0 Å². The van der Waals surface area contributed by atoms with Crippen molar-refractivity contribution >= 4 is 23.5 Å². The quantitative estimate of drug-likeness (QED) is 0.591. The summed E-state index contributed by atoms with van der Waals surface area (Å²) < 4.78 is 0. The van der Waals surface area contributed by atoms with Crippen LogP contribution < -0.4 is 20.9 Å². The normalized spacial score (nSPS) is 19.7. The number of nitrogens with one attached hydrogen (secondary N) is 4. The standard InChI is InChI=1S/C18H26N4O3/c1-2-10-19-18(25)21-16(23)13-22-11-8-14(9-12-22)17(24)20-15-6-4-3-5-7-15/h3-7,14H,2,8-13H2,1H3,(H,20,24)(H2,19,21,23,25)/p+1. The van der Waals surface area contributed by atoms with Crippen LogP contribution in [0.4, 0.5) is 10.5 Å². The van der Waals surface area contributed by atoms with E-state index in [9.17, 15) is 14.4 Å². The van der Waals surface area contributed by atoms with Gasteiger partial charge in [-0.05, 0) is 18.6 Å². The number of likely N-dealkylation sites (tertiary alicyclic amines) is 1. The lowest BCUT2D eigenvalue weighted by molar-refractivity contribution is -0.897. The first kappa shape index (κ1) is 18.9. The van der Waals surface area contributed by atoms with Crippen molar-refractivity contribution < 1.29 is 19.3 Å². The number of imide groups is 1. The summed E-state index contributed by atoms with van der Waals surface area (Å²) in [6.07, 6.45) is 2.30. The molecule has 0 radical (unpaired) electrons. The van der Waals surface area contributed by atoms with Gasteiger partial charge in [-0.15, -0.1) is 0 Å². The van der Waals surface area contributed by atoms with E-state index in [2.05, 4.69) is 16.0 Å². The van der Waals surface area contributed by atoms with E-state index < -0.39 is 6.03 Å². The molecule has 0 bridgehead atoms. The molecule has 0 saturated carbocycles. The van der Waals surface area contributed by atoms with E-state index in [-0.39, 0.29) is 24.3 Å². The number of carbonyl (C=O) groups is 3. The van der Waals surface area contributed by atoms with Crippen molar-refractivity contribution in [3.63, 3.8) is 0 Å². The van der Waals surface area contributed by atoms with E-state index in [0.29, 0.717) is 6.54 Å². The maximum absolute atomic E-state index is 12.3. The minimum Gasteiger partial charge on any atom is -0.338 e. The summed E-state index contributed by atoms with van der Waals surface area (Å²) >= 11 is 0. The first-order valence-corrected chi connectivity index (χ1v) is 8.85. The van der Waals surface area contributed by atoms with Crippen LogP contribution >= 0.6 is 0 Å². The second kappa shape index (κ2) is 9.78. The van der Waals surface area contributed by atoms with Gasteiger partial charge in [0.2, 0.25) is 5.91 Å². The Morgan fingerprint density at radius 3 is 2.44 bits per heavy atom. The molecule has 1 heterocycles. The number of para-hydroxylation sites is 1. The third kappa shape index (κ3) is 6.54. The van der Waals surface area contributed by atoms with Gasteiger partial charge in [-0.25, -0.2) is 4.79 Å². The topological polar surface area (TPSA) is 91.7 Å². The number of quaternary nitrogens is 1. The average Bonchev–Trinajstić information content (AvgIpc) is 2.61. The van der Waals surface area contributed by atoms with Crippen LogP contribution in [0, 0.1) is 5.92 Å². The zero-order chi connectivity index (χ0) is 18.1. The molecule has 1 saturated heterocycles. The molecule has 1 fully saturated rings. The number of piperidine rings is 1. The van der Waals surface area contributed by atoms with E-state index in [1.54, 1.807) is 0 Å². The number of hydrogen-bond acceptors (Lipinski definition) is 3. The molecule has 7 nitrogen and oxygen atoms in total. The van der Waals surface area contributed by atoms with Crippen molar-refractivity contribution in [2.24, 2.45) is 5.92 Å². The van der Waals surface area contributed by atoms with Gasteiger partial charge >= 0.3 is 6.03 Å². The molecule has 4 amide bonds. The molecule has 4 N–H and O–H groups in total. The minimum atomic E-state index is -0.441. The molecule has 1 aliphatic rings. The summed E-state index contributed by atoms with van der Waals surface area (Å²) in [4.78, 5) is 36.7. The van der Waals surface area contributed by atoms with Crippen LogP contribution in [-0.2, 0) is 9.59 Å². The van der Waals surface area contributed by atoms with Gasteiger partial charge in [0.15, 0.2) is 6.54 Å². The fourth-order valence-corrected chi connectivity index (χ4v) is 2.91. The van der Waals surface area contributed by atoms with Crippen LogP contribution in [0.3, 0.4) is 0 Å². The fraction of sp³-hybridized carbons (Fsp3) is 0.500. The van der Waals surface area contributed by atoms with E-state index in [1.165, 1.54) is 0 Å². The maximum atomic E-state index is 12.3. The monoisotopic (exact) mass is 347 g/mol. The summed E-state index contributed by atoms with van der Waals surface area (Å²) in [5.74, 6) is -0.274. The maximum Gasteiger partial charge on any atom is 0.321 e. The molecule has 2 rings (SSSR count). The summed E-state index contributed by atoms with van der Waals surface area (Å²) in [5, 5.41) is 7.88. The Morgan fingerprint density at radius 2 is 1.80 bits per heavy atom. The Bertz CT molecular complexity index is 583. The Labute approximate surface area is 148 Å². The van der Waals surface area contributed by atoms with Gasteiger partial charge in [-0.1, -0.05) is 25.1 Å². The predicted molar refractivity (Wildman–Crippen MR) is 95.2 cm³/mol. The van der Waals surface area contributed by atoms with Gasteiger partial charge in [0.25, 0.3) is 5.91 Å². The van der Waals surface area contributed by atoms with E-state index in [4.69, 9.17) is 0 Å². The van der Waals surface area contributed by atoms with Crippen molar-refractivity contribution in [3.05, 3.63) is 30.3 Å². The van der Waals surface area contributed by atoms with E-state index in [0.717, 1.165) is 42.9 Å². The second-order valence-corrected chi connectivity index (χ2v) is 6.36. The lowest BCUT2D eigenvalue weighted by Gasteiger charge is -2.28. The van der Waals surface area contributed by atoms with Crippen molar-refractivity contribution in [1.29, 1.82) is 0 Å². The van der Waals surface area contributed by atoms with E-state index >= 15 is 0 Å². The number of carbonyl (C=O) groups excluding carboxylic acids is 3. The third-order valence-corrected chi connectivity index (χ3v) is 4.30. The third-order valence-electron chi connectivity index (χ3n) is 4.30. The Kier molecular flexibility index (Phi) is 7.40. The summed E-state index contributed by atoms with van der Waals surface area (Å²) in [6, 6.07) is 8.97. The number of urea groups is 1. The Balaban J connectivity index is 1.69. The van der Waals surface area contributed by atoms with Crippen molar-refractivity contribution in [2.45, 2.75) is 26.2 Å². The van der Waals surface area contributed by atoms with Crippen LogP contribution in [0.25, 0.3) is 0 Å². The zero-order valence-corrected chi connectivity index (χ0v) is 14.6. The Hall–Kier alpha value is -2.41. The average molecular weight is 347 g/mol. The number of hydrogen-bond donors (Lipinski definition) is 4. The first-order valence-electron chi connectivity index (χ1n) is 8.85. The second-order valence-electron chi connectivity index (χ2n) is 6.36. The molecule has 1 aromatic carbocycles. The fourth-order valence-electron chi connectivity index (χ4n) is 2.91. The SMILES string of the molecule is CCCNC(=O)NC(=O)C[NH+]1CCC(C(=O)Nc2ccccc2)CC1. The van der Waals surface area contributed by atoms with Crippen LogP contribution in [0.2, 0.25) is 0 Å². The summed E-state index contributed by atoms with van der Waals surface area (Å²) in [7, 11) is 0. The van der Waals surface area contributed by atoms with Crippen LogP contribution in [-0.4, -0.2) is 44.0 Å². The largest absolute Gasteiger partial charge is 0.338 e. The minimum absolute atomic E-state index is 0.0279. The predicted octanol–water partition coefficient (Wildman–Crippen LogP) is 0.156. The van der Waals surface area contributed by atoms with E-state index in [1.807, 2.05) is 37.3 Å². The zero-order valence-electron chi connectivity index (χ0n) is 14.6. The summed E-state index contributed by atoms with van der Waals surface area (Å²) in [6.45, 7) is 4.25. The van der Waals surface area contributed by atoms with Crippen molar-refractivity contribution in [2.75, 3.05) is 31.5 Å². The number of benzene rings is 1. The molecule has 0 atom stereocenters. The molecule has 136 valence electrons. The summed E-state index contributed by atoms with van der Waals surface area (Å²) in [5.41, 5.74) is 0.805. The molecule has 0 aromatic heterocycles. The van der Waals surface area contributed by atoms with Gasteiger partial charge < -0.3 is 15.5 Å². The molecular weight excluding hydrogens is 320 g/mol. The lowest BCUT2D eigenvalue weighted by atomic mass is 9.96. The smallest absolute Gasteiger partial charge is 0.321 e. The van der Waals surface area contributed by atoms with Crippen LogP contribution in [0.15, 0.2) is 30.3 Å².